The molecule has 0 aliphatic carbocycles. The minimum Gasteiger partial charge on any atom is -0.496 e. The highest BCUT2D eigenvalue weighted by Crippen LogP contribution is 2.33. The maximum atomic E-state index is 11.3. The van der Waals surface area contributed by atoms with Gasteiger partial charge in [-0.2, -0.15) is 5.10 Å². The molecule has 0 radical (unpaired) electrons. The van der Waals surface area contributed by atoms with Crippen LogP contribution in [0.4, 0.5) is 0 Å². The zero-order valence-electron chi connectivity index (χ0n) is 10.6. The Morgan fingerprint density at radius 2 is 2.26 bits per heavy atom. The molecule has 0 bridgehead atoms. The molecule has 0 aliphatic heterocycles. The number of aromatic carboxylic acids is 1. The fourth-order valence-electron chi connectivity index (χ4n) is 1.80. The van der Waals surface area contributed by atoms with Crippen LogP contribution in [-0.4, -0.2) is 28.0 Å². The summed E-state index contributed by atoms with van der Waals surface area (Å²) in [5.41, 5.74) is 1.23. The van der Waals surface area contributed by atoms with E-state index in [4.69, 9.17) is 4.74 Å². The van der Waals surface area contributed by atoms with Gasteiger partial charge >= 0.3 is 5.97 Å². The molecular formula is C13H13BrN2O3. The van der Waals surface area contributed by atoms with E-state index in [0.29, 0.717) is 23.6 Å². The molecule has 0 saturated carbocycles. The van der Waals surface area contributed by atoms with Gasteiger partial charge in [-0.1, -0.05) is 15.9 Å². The van der Waals surface area contributed by atoms with E-state index in [1.165, 1.54) is 6.20 Å². The molecule has 6 heteroatoms. The van der Waals surface area contributed by atoms with Crippen molar-refractivity contribution in [2.24, 2.45) is 0 Å². The van der Waals surface area contributed by atoms with Crippen molar-refractivity contribution in [1.29, 1.82) is 0 Å². The van der Waals surface area contributed by atoms with Gasteiger partial charge < -0.3 is 9.84 Å². The number of carbonyl (C=O) groups is 1. The Bertz CT molecular complexity index is 622. The molecule has 0 aliphatic rings. The van der Waals surface area contributed by atoms with Crippen molar-refractivity contribution >= 4 is 21.9 Å². The number of ether oxygens (including phenoxy) is 1. The molecule has 5 nitrogen and oxygen atoms in total. The number of hydrogen-bond donors (Lipinski definition) is 1. The first-order chi connectivity index (χ1) is 9.06. The SMILES string of the molecule is CCn1cc(C(=O)O)c(-c2cc(Br)ccc2OC)n1. The lowest BCUT2D eigenvalue weighted by Gasteiger charge is -2.07. The second-order valence-electron chi connectivity index (χ2n) is 3.90. The summed E-state index contributed by atoms with van der Waals surface area (Å²) < 4.78 is 7.70. The van der Waals surface area contributed by atoms with Crippen LogP contribution in [0, 0.1) is 0 Å². The lowest BCUT2D eigenvalue weighted by atomic mass is 10.1. The van der Waals surface area contributed by atoms with Crippen molar-refractivity contribution in [3.8, 4) is 17.0 Å². The van der Waals surface area contributed by atoms with Crippen molar-refractivity contribution in [3.05, 3.63) is 34.4 Å². The van der Waals surface area contributed by atoms with Gasteiger partial charge in [-0.05, 0) is 25.1 Å². The Hall–Kier alpha value is -1.82. The maximum Gasteiger partial charge on any atom is 0.339 e. The Balaban J connectivity index is 2.66. The van der Waals surface area contributed by atoms with Gasteiger partial charge in [0, 0.05) is 22.8 Å². The Kier molecular flexibility index (Phi) is 3.90. The second-order valence-corrected chi connectivity index (χ2v) is 4.81. The average molecular weight is 325 g/mol. The number of rotatable bonds is 4. The molecule has 0 spiro atoms. The van der Waals surface area contributed by atoms with E-state index >= 15 is 0 Å². The zero-order chi connectivity index (χ0) is 14.0. The molecule has 0 saturated heterocycles. The molecule has 1 heterocycles. The smallest absolute Gasteiger partial charge is 0.339 e. The van der Waals surface area contributed by atoms with Crippen LogP contribution in [-0.2, 0) is 6.54 Å². The average Bonchev–Trinajstić information content (AvgIpc) is 2.83. The van der Waals surface area contributed by atoms with E-state index < -0.39 is 5.97 Å². The number of carboxylic acid groups (broad SMARTS) is 1. The molecule has 1 aromatic heterocycles. The minimum atomic E-state index is -1.00. The topological polar surface area (TPSA) is 64.4 Å². The summed E-state index contributed by atoms with van der Waals surface area (Å²) in [7, 11) is 1.55. The van der Waals surface area contributed by atoms with E-state index in [9.17, 15) is 9.90 Å². The highest BCUT2D eigenvalue weighted by Gasteiger charge is 2.19. The number of aromatic nitrogens is 2. The van der Waals surface area contributed by atoms with Crippen LogP contribution in [0.15, 0.2) is 28.9 Å². The standard InChI is InChI=1S/C13H13BrN2O3/c1-3-16-7-10(13(17)18)12(15-16)9-6-8(14)4-5-11(9)19-2/h4-7H,3H2,1-2H3,(H,17,18). The largest absolute Gasteiger partial charge is 0.496 e. The molecule has 2 rings (SSSR count). The predicted molar refractivity (Wildman–Crippen MR) is 74.5 cm³/mol. The molecule has 1 aromatic carbocycles. The van der Waals surface area contributed by atoms with Crippen molar-refractivity contribution in [2.75, 3.05) is 7.11 Å². The lowest BCUT2D eigenvalue weighted by molar-refractivity contribution is 0.0697. The van der Waals surface area contributed by atoms with Crippen molar-refractivity contribution in [3.63, 3.8) is 0 Å². The van der Waals surface area contributed by atoms with Gasteiger partial charge in [0.05, 0.1) is 7.11 Å². The molecule has 0 unspecified atom stereocenters. The van der Waals surface area contributed by atoms with Crippen molar-refractivity contribution < 1.29 is 14.6 Å². The first-order valence-electron chi connectivity index (χ1n) is 5.71. The Labute approximate surface area is 118 Å². The van der Waals surface area contributed by atoms with Crippen molar-refractivity contribution in [2.45, 2.75) is 13.5 Å². The lowest BCUT2D eigenvalue weighted by Crippen LogP contribution is -1.98. The van der Waals surface area contributed by atoms with Crippen LogP contribution < -0.4 is 4.74 Å². The fraction of sp³-hybridized carbons (Fsp3) is 0.231. The van der Waals surface area contributed by atoms with E-state index in [1.54, 1.807) is 23.9 Å². The molecule has 19 heavy (non-hydrogen) atoms. The number of benzene rings is 1. The maximum absolute atomic E-state index is 11.3. The third kappa shape index (κ3) is 2.63. The number of carboxylic acids is 1. The van der Waals surface area contributed by atoms with E-state index in [2.05, 4.69) is 21.0 Å². The molecule has 2 aromatic rings. The Morgan fingerprint density at radius 3 is 2.84 bits per heavy atom. The number of methoxy groups -OCH3 is 1. The summed E-state index contributed by atoms with van der Waals surface area (Å²) in [6.45, 7) is 2.51. The normalized spacial score (nSPS) is 10.5. The van der Waals surface area contributed by atoms with Gasteiger partial charge in [-0.3, -0.25) is 4.68 Å². The van der Waals surface area contributed by atoms with Crippen LogP contribution in [0.5, 0.6) is 5.75 Å². The van der Waals surface area contributed by atoms with Gasteiger partial charge in [0.25, 0.3) is 0 Å². The second kappa shape index (κ2) is 5.44. The van der Waals surface area contributed by atoms with E-state index in [1.807, 2.05) is 13.0 Å². The third-order valence-electron chi connectivity index (χ3n) is 2.73. The van der Waals surface area contributed by atoms with Crippen LogP contribution >= 0.6 is 15.9 Å². The number of nitrogens with zero attached hydrogens (tertiary/aromatic N) is 2. The number of hydrogen-bond acceptors (Lipinski definition) is 3. The van der Waals surface area contributed by atoms with Crippen LogP contribution in [0.2, 0.25) is 0 Å². The summed E-state index contributed by atoms with van der Waals surface area (Å²) in [5, 5.41) is 13.6. The molecule has 100 valence electrons. The van der Waals surface area contributed by atoms with Crippen molar-refractivity contribution in [1.82, 2.24) is 9.78 Å². The summed E-state index contributed by atoms with van der Waals surface area (Å²) in [4.78, 5) is 11.3. The highest BCUT2D eigenvalue weighted by molar-refractivity contribution is 9.10. The number of aryl methyl sites for hydroxylation is 1. The molecule has 0 fully saturated rings. The van der Waals surface area contributed by atoms with E-state index in [0.717, 1.165) is 4.47 Å². The number of halogens is 1. The first-order valence-corrected chi connectivity index (χ1v) is 6.50. The van der Waals surface area contributed by atoms with Crippen LogP contribution in [0.1, 0.15) is 17.3 Å². The monoisotopic (exact) mass is 324 g/mol. The quantitative estimate of drug-likeness (QED) is 0.938. The van der Waals surface area contributed by atoms with Gasteiger partial charge in [0.2, 0.25) is 0 Å². The van der Waals surface area contributed by atoms with E-state index in [-0.39, 0.29) is 5.56 Å². The van der Waals surface area contributed by atoms with Gasteiger partial charge in [0.15, 0.2) is 0 Å². The molecule has 1 N–H and O–H groups in total. The fourth-order valence-corrected chi connectivity index (χ4v) is 2.17. The summed E-state index contributed by atoms with van der Waals surface area (Å²) in [6.07, 6.45) is 1.53. The molecule has 0 atom stereocenters. The predicted octanol–water partition coefficient (Wildman–Crippen LogP) is 3.04. The summed E-state index contributed by atoms with van der Waals surface area (Å²) >= 11 is 3.37. The third-order valence-corrected chi connectivity index (χ3v) is 3.23. The summed E-state index contributed by atoms with van der Waals surface area (Å²) in [6, 6.07) is 5.41. The van der Waals surface area contributed by atoms with Gasteiger partial charge in [-0.25, -0.2) is 4.79 Å². The Morgan fingerprint density at radius 1 is 1.53 bits per heavy atom. The highest BCUT2D eigenvalue weighted by atomic mass is 79.9. The minimum absolute atomic E-state index is 0.165. The molecule has 0 amide bonds. The van der Waals surface area contributed by atoms with Crippen LogP contribution in [0.25, 0.3) is 11.3 Å². The first kappa shape index (κ1) is 13.6. The van der Waals surface area contributed by atoms with Crippen LogP contribution in [0.3, 0.4) is 0 Å². The zero-order valence-corrected chi connectivity index (χ0v) is 12.1. The van der Waals surface area contributed by atoms with Gasteiger partial charge in [0.1, 0.15) is 17.0 Å². The summed E-state index contributed by atoms with van der Waals surface area (Å²) in [5.74, 6) is -0.413. The van der Waals surface area contributed by atoms with Gasteiger partial charge in [-0.15, -0.1) is 0 Å². The molecular weight excluding hydrogens is 312 g/mol.